The number of methoxy groups -OCH3 is 1. The van der Waals surface area contributed by atoms with Gasteiger partial charge in [-0.3, -0.25) is 4.79 Å². The number of rotatable bonds is 3. The summed E-state index contributed by atoms with van der Waals surface area (Å²) in [5.74, 6) is 1.40. The van der Waals surface area contributed by atoms with Crippen LogP contribution in [0.1, 0.15) is 25.4 Å². The van der Waals surface area contributed by atoms with E-state index in [0.29, 0.717) is 13.2 Å². The lowest BCUT2D eigenvalue weighted by Gasteiger charge is -2.48. The minimum Gasteiger partial charge on any atom is -0.469 e. The summed E-state index contributed by atoms with van der Waals surface area (Å²) in [7, 11) is 1.41. The van der Waals surface area contributed by atoms with Gasteiger partial charge in [-0.1, -0.05) is 0 Å². The second kappa shape index (κ2) is 3.88. The summed E-state index contributed by atoms with van der Waals surface area (Å²) in [6.45, 7) is 6.62. The summed E-state index contributed by atoms with van der Waals surface area (Å²) in [5, 5.41) is 0. The number of hydrogen-bond donors (Lipinski definition) is 0. The molecule has 1 aromatic heterocycles. The van der Waals surface area contributed by atoms with Gasteiger partial charge >= 0.3 is 5.97 Å². The lowest BCUT2D eigenvalue weighted by Crippen LogP contribution is -2.59. The van der Waals surface area contributed by atoms with Crippen LogP contribution in [0.25, 0.3) is 0 Å². The molecule has 17 heavy (non-hydrogen) atoms. The zero-order valence-electron chi connectivity index (χ0n) is 10.7. The molecule has 0 unspecified atom stereocenters. The Hall–Kier alpha value is -1.29. The van der Waals surface area contributed by atoms with Crippen LogP contribution in [0, 0.1) is 12.3 Å². The minimum atomic E-state index is -0.662. The van der Waals surface area contributed by atoms with Gasteiger partial charge in [0.2, 0.25) is 0 Å². The summed E-state index contributed by atoms with van der Waals surface area (Å²) >= 11 is 0. The third-order valence-electron chi connectivity index (χ3n) is 3.80. The molecule has 0 spiro atoms. The van der Waals surface area contributed by atoms with Crippen molar-refractivity contribution in [2.75, 3.05) is 20.3 Å². The van der Waals surface area contributed by atoms with E-state index < -0.39 is 10.8 Å². The number of carbonyl (C=O) groups is 1. The molecule has 94 valence electrons. The molecular formula is C13H18O4. The summed E-state index contributed by atoms with van der Waals surface area (Å²) < 4.78 is 15.9. The van der Waals surface area contributed by atoms with Crippen molar-refractivity contribution < 1.29 is 18.7 Å². The standard InChI is InChI=1S/C13H18O4/c1-9-5-6-10(17-9)13(7-16-8-13)12(2,3)11(14)15-4/h5-6H,7-8H2,1-4H3. The Kier molecular flexibility index (Phi) is 2.78. The lowest BCUT2D eigenvalue weighted by atomic mass is 9.62. The predicted octanol–water partition coefficient (Wildman–Crippen LogP) is 2.06. The van der Waals surface area contributed by atoms with E-state index in [1.54, 1.807) is 0 Å². The molecule has 0 aromatic carbocycles. The van der Waals surface area contributed by atoms with Gasteiger partial charge in [0.05, 0.1) is 31.2 Å². The fourth-order valence-electron chi connectivity index (χ4n) is 2.26. The third-order valence-corrected chi connectivity index (χ3v) is 3.80. The Morgan fingerprint density at radius 2 is 2.06 bits per heavy atom. The maximum absolute atomic E-state index is 11.9. The van der Waals surface area contributed by atoms with Gasteiger partial charge in [0, 0.05) is 0 Å². The van der Waals surface area contributed by atoms with Crippen molar-refractivity contribution in [1.29, 1.82) is 0 Å². The zero-order valence-corrected chi connectivity index (χ0v) is 10.7. The summed E-state index contributed by atoms with van der Waals surface area (Å²) in [4.78, 5) is 11.9. The van der Waals surface area contributed by atoms with Gasteiger partial charge in [0.1, 0.15) is 11.5 Å². The van der Waals surface area contributed by atoms with Crippen LogP contribution in [0.15, 0.2) is 16.5 Å². The minimum absolute atomic E-state index is 0.241. The first-order chi connectivity index (χ1) is 7.94. The topological polar surface area (TPSA) is 48.7 Å². The zero-order chi connectivity index (χ0) is 12.7. The van der Waals surface area contributed by atoms with Gasteiger partial charge in [-0.15, -0.1) is 0 Å². The smallest absolute Gasteiger partial charge is 0.312 e. The normalized spacial score (nSPS) is 18.6. The van der Waals surface area contributed by atoms with Crippen molar-refractivity contribution in [1.82, 2.24) is 0 Å². The first-order valence-electron chi connectivity index (χ1n) is 5.67. The molecule has 1 aliphatic rings. The van der Waals surface area contributed by atoms with Crippen LogP contribution in [0.4, 0.5) is 0 Å². The Morgan fingerprint density at radius 3 is 2.41 bits per heavy atom. The number of carbonyl (C=O) groups excluding carboxylic acids is 1. The van der Waals surface area contributed by atoms with Crippen LogP contribution >= 0.6 is 0 Å². The molecule has 0 aliphatic carbocycles. The maximum Gasteiger partial charge on any atom is 0.312 e. The lowest BCUT2D eigenvalue weighted by molar-refractivity contribution is -0.177. The fraction of sp³-hybridized carbons (Fsp3) is 0.615. The third kappa shape index (κ3) is 1.59. The number of ether oxygens (including phenoxy) is 2. The molecule has 0 amide bonds. The molecule has 0 bridgehead atoms. The second-order valence-electron chi connectivity index (χ2n) is 5.10. The van der Waals surface area contributed by atoms with Crippen molar-refractivity contribution in [3.8, 4) is 0 Å². The van der Waals surface area contributed by atoms with E-state index in [1.165, 1.54) is 7.11 Å². The highest BCUT2D eigenvalue weighted by Crippen LogP contribution is 2.48. The quantitative estimate of drug-likeness (QED) is 0.756. The first kappa shape index (κ1) is 12.2. The van der Waals surface area contributed by atoms with E-state index in [2.05, 4.69) is 0 Å². The van der Waals surface area contributed by atoms with E-state index >= 15 is 0 Å². The summed E-state index contributed by atoms with van der Waals surface area (Å²) in [5.41, 5.74) is -1.07. The van der Waals surface area contributed by atoms with Gasteiger partial charge < -0.3 is 13.9 Å². The molecule has 1 aliphatic heterocycles. The average Bonchev–Trinajstić information content (AvgIpc) is 2.61. The Morgan fingerprint density at radius 1 is 1.41 bits per heavy atom. The molecular weight excluding hydrogens is 220 g/mol. The fourth-order valence-corrected chi connectivity index (χ4v) is 2.26. The van der Waals surface area contributed by atoms with Crippen LogP contribution in [0.3, 0.4) is 0 Å². The highest BCUT2D eigenvalue weighted by atomic mass is 16.5. The molecule has 2 rings (SSSR count). The predicted molar refractivity (Wildman–Crippen MR) is 61.7 cm³/mol. The number of hydrogen-bond acceptors (Lipinski definition) is 4. The molecule has 0 atom stereocenters. The number of esters is 1. The highest BCUT2D eigenvalue weighted by molar-refractivity contribution is 5.78. The van der Waals surface area contributed by atoms with Crippen molar-refractivity contribution in [3.63, 3.8) is 0 Å². The Labute approximate surface area is 101 Å². The molecule has 0 radical (unpaired) electrons. The molecule has 1 aromatic rings. The summed E-state index contributed by atoms with van der Waals surface area (Å²) in [6, 6.07) is 3.82. The molecule has 4 nitrogen and oxygen atoms in total. The van der Waals surface area contributed by atoms with E-state index in [0.717, 1.165) is 11.5 Å². The second-order valence-corrected chi connectivity index (χ2v) is 5.10. The van der Waals surface area contributed by atoms with Crippen molar-refractivity contribution >= 4 is 5.97 Å². The summed E-state index contributed by atoms with van der Waals surface area (Å²) in [6.07, 6.45) is 0. The molecule has 4 heteroatoms. The molecule has 0 N–H and O–H groups in total. The van der Waals surface area contributed by atoms with Gasteiger partial charge in [-0.05, 0) is 32.9 Å². The van der Waals surface area contributed by atoms with E-state index in [-0.39, 0.29) is 5.97 Å². The monoisotopic (exact) mass is 238 g/mol. The molecule has 0 saturated carbocycles. The van der Waals surface area contributed by atoms with Gasteiger partial charge in [0.25, 0.3) is 0 Å². The van der Waals surface area contributed by atoms with E-state index in [1.807, 2.05) is 32.9 Å². The van der Waals surface area contributed by atoms with Crippen molar-refractivity contribution in [2.45, 2.75) is 26.2 Å². The average molecular weight is 238 g/mol. The number of furan rings is 1. The Balaban J connectivity index is 2.41. The van der Waals surface area contributed by atoms with E-state index in [4.69, 9.17) is 13.9 Å². The van der Waals surface area contributed by atoms with Gasteiger partial charge in [-0.2, -0.15) is 0 Å². The van der Waals surface area contributed by atoms with Gasteiger partial charge in [-0.25, -0.2) is 0 Å². The van der Waals surface area contributed by atoms with Crippen molar-refractivity contribution in [2.24, 2.45) is 5.41 Å². The van der Waals surface area contributed by atoms with Crippen LogP contribution in [-0.4, -0.2) is 26.3 Å². The highest BCUT2D eigenvalue weighted by Gasteiger charge is 2.58. The molecule has 1 saturated heterocycles. The maximum atomic E-state index is 11.9. The largest absolute Gasteiger partial charge is 0.469 e. The van der Waals surface area contributed by atoms with Crippen LogP contribution in [0.5, 0.6) is 0 Å². The van der Waals surface area contributed by atoms with E-state index in [9.17, 15) is 4.79 Å². The van der Waals surface area contributed by atoms with Crippen LogP contribution in [0.2, 0.25) is 0 Å². The molecule has 1 fully saturated rings. The van der Waals surface area contributed by atoms with Crippen molar-refractivity contribution in [3.05, 3.63) is 23.7 Å². The Bertz CT molecular complexity index is 426. The van der Waals surface area contributed by atoms with Gasteiger partial charge in [0.15, 0.2) is 0 Å². The number of aryl methyl sites for hydroxylation is 1. The SMILES string of the molecule is COC(=O)C(C)(C)C1(c2ccc(C)o2)COC1. The molecule has 2 heterocycles. The first-order valence-corrected chi connectivity index (χ1v) is 5.67. The van der Waals surface area contributed by atoms with Crippen LogP contribution < -0.4 is 0 Å². The van der Waals surface area contributed by atoms with Crippen LogP contribution in [-0.2, 0) is 19.7 Å².